The van der Waals surface area contributed by atoms with Crippen LogP contribution >= 0.6 is 11.8 Å². The molecule has 320 valence electrons. The average molecular weight is 853 g/mol. The van der Waals surface area contributed by atoms with Crippen molar-refractivity contribution in [2.45, 2.75) is 57.3 Å². The third-order valence-corrected chi connectivity index (χ3v) is 11.2. The lowest BCUT2D eigenvalue weighted by Crippen LogP contribution is -2.56. The molecule has 0 bridgehead atoms. The summed E-state index contributed by atoms with van der Waals surface area (Å²) in [7, 11) is 4.89. The number of hydrogen-bond acceptors (Lipinski definition) is 15. The third-order valence-electron chi connectivity index (χ3n) is 9.44. The van der Waals surface area contributed by atoms with Gasteiger partial charge in [0.2, 0.25) is 5.91 Å². The van der Waals surface area contributed by atoms with Gasteiger partial charge in [-0.1, -0.05) is 72.4 Å². The summed E-state index contributed by atoms with van der Waals surface area (Å²) in [6, 6.07) is 31.9. The second kappa shape index (κ2) is 21.0. The molecule has 1 N–H and O–H groups in total. The molecular weight excluding hydrogens is 805 g/mol. The largest absolute Gasteiger partial charge is 0.497 e. The Morgan fingerprint density at radius 2 is 1.26 bits per heavy atom. The summed E-state index contributed by atoms with van der Waals surface area (Å²) < 4.78 is 32.0. The van der Waals surface area contributed by atoms with Crippen LogP contribution in [0.25, 0.3) is 0 Å². The zero-order chi connectivity index (χ0) is 44.1. The first kappa shape index (κ1) is 45.4. The van der Waals surface area contributed by atoms with Crippen LogP contribution in [0.15, 0.2) is 130 Å². The standard InChI is InChI=1S/C45H48N4O11S/c1-28(50)57-27-38(58-29(2)51)41(59-30(3)52)42(60-31(4)53)39-40(48-47-35-20-24-37(56-7)25-21-35)43(49(5)26-32-14-10-8-11-15-32)61-45(39,33-16-12-9-13-17-33)44(54)46-34-18-22-36(55-6)23-19-34/h8-25,38-39,41-42H,26-27H2,1-7H3,(H,46,54)/t38-,39-,41-,42-,45+/m1/s1. The second-order valence-corrected chi connectivity index (χ2v) is 15.1. The number of nitrogens with zero attached hydrogens (tertiary/aromatic N) is 3. The van der Waals surface area contributed by atoms with Crippen LogP contribution in [-0.2, 0) is 54.2 Å². The molecule has 0 fully saturated rings. The topological polar surface area (TPSA) is 181 Å². The van der Waals surface area contributed by atoms with E-state index in [2.05, 4.69) is 10.4 Å². The number of methoxy groups -OCH3 is 2. The van der Waals surface area contributed by atoms with Crippen LogP contribution in [0.3, 0.4) is 0 Å². The van der Waals surface area contributed by atoms with Crippen LogP contribution in [0.1, 0.15) is 38.8 Å². The normalized spacial score (nSPS) is 17.4. The molecule has 0 radical (unpaired) electrons. The molecule has 16 heteroatoms. The van der Waals surface area contributed by atoms with Crippen LogP contribution in [0.5, 0.6) is 11.5 Å². The van der Waals surface area contributed by atoms with Gasteiger partial charge in [0.1, 0.15) is 28.5 Å². The average Bonchev–Trinajstić information content (AvgIpc) is 3.59. The van der Waals surface area contributed by atoms with Crippen molar-refractivity contribution >= 4 is 52.9 Å². The Kier molecular flexibility index (Phi) is 15.6. The third kappa shape index (κ3) is 11.5. The number of ether oxygens (including phenoxy) is 6. The van der Waals surface area contributed by atoms with Gasteiger partial charge in [-0.2, -0.15) is 10.2 Å². The lowest BCUT2D eigenvalue weighted by molar-refractivity contribution is -0.193. The van der Waals surface area contributed by atoms with E-state index in [0.29, 0.717) is 40.0 Å². The summed E-state index contributed by atoms with van der Waals surface area (Å²) in [6.07, 6.45) is -4.89. The lowest BCUT2D eigenvalue weighted by Gasteiger charge is -2.41. The molecule has 1 aliphatic rings. The van der Waals surface area contributed by atoms with Crippen molar-refractivity contribution in [3.05, 3.63) is 131 Å². The summed E-state index contributed by atoms with van der Waals surface area (Å²) in [5.41, 5.74) is 2.34. The van der Waals surface area contributed by atoms with Crippen LogP contribution < -0.4 is 14.8 Å². The molecule has 0 saturated heterocycles. The van der Waals surface area contributed by atoms with E-state index in [1.807, 2.05) is 42.3 Å². The first-order chi connectivity index (χ1) is 29.2. The minimum absolute atomic E-state index is 0.158. The Morgan fingerprint density at radius 1 is 0.705 bits per heavy atom. The number of anilines is 1. The predicted molar refractivity (Wildman–Crippen MR) is 227 cm³/mol. The van der Waals surface area contributed by atoms with Gasteiger partial charge in [-0.15, -0.1) is 0 Å². The van der Waals surface area contributed by atoms with Crippen molar-refractivity contribution in [2.75, 3.05) is 33.2 Å². The quantitative estimate of drug-likeness (QED) is 0.0597. The zero-order valence-corrected chi connectivity index (χ0v) is 35.7. The van der Waals surface area contributed by atoms with E-state index in [-0.39, 0.29) is 5.70 Å². The van der Waals surface area contributed by atoms with Crippen LogP contribution in [-0.4, -0.2) is 80.9 Å². The highest BCUT2D eigenvalue weighted by molar-refractivity contribution is 8.04. The highest BCUT2D eigenvalue weighted by atomic mass is 32.2. The number of esters is 4. The molecule has 1 amide bonds. The van der Waals surface area contributed by atoms with E-state index >= 15 is 4.79 Å². The molecule has 0 unspecified atom stereocenters. The fraction of sp³-hybridized carbons (Fsp3) is 0.311. The lowest BCUT2D eigenvalue weighted by atomic mass is 9.76. The summed E-state index contributed by atoms with van der Waals surface area (Å²) in [5, 5.41) is 13.0. The molecule has 1 aliphatic heterocycles. The zero-order valence-electron chi connectivity index (χ0n) is 34.9. The Labute approximate surface area is 358 Å². The Morgan fingerprint density at radius 3 is 1.80 bits per heavy atom. The van der Waals surface area contributed by atoms with Crippen molar-refractivity contribution < 1.29 is 52.4 Å². The maximum atomic E-state index is 15.6. The number of nitrogens with one attached hydrogen (secondary N) is 1. The van der Waals surface area contributed by atoms with Crippen molar-refractivity contribution in [1.29, 1.82) is 0 Å². The molecule has 4 aromatic rings. The van der Waals surface area contributed by atoms with Gasteiger partial charge in [-0.25, -0.2) is 0 Å². The van der Waals surface area contributed by atoms with Gasteiger partial charge < -0.3 is 38.6 Å². The van der Waals surface area contributed by atoms with E-state index in [4.69, 9.17) is 33.5 Å². The molecular formula is C45H48N4O11S. The van der Waals surface area contributed by atoms with Gasteiger partial charge in [0, 0.05) is 47.0 Å². The number of carbonyl (C=O) groups is 5. The minimum atomic E-state index is -1.81. The number of benzene rings is 4. The fourth-order valence-corrected chi connectivity index (χ4v) is 8.43. The van der Waals surface area contributed by atoms with Crippen LogP contribution in [0.2, 0.25) is 0 Å². The van der Waals surface area contributed by atoms with E-state index in [0.717, 1.165) is 45.0 Å². The summed E-state index contributed by atoms with van der Waals surface area (Å²) >= 11 is 1.14. The molecule has 0 spiro atoms. The number of amides is 1. The number of rotatable bonds is 18. The van der Waals surface area contributed by atoms with Gasteiger partial charge in [0.25, 0.3) is 0 Å². The second-order valence-electron chi connectivity index (χ2n) is 13.9. The van der Waals surface area contributed by atoms with Crippen molar-refractivity contribution in [1.82, 2.24) is 4.90 Å². The molecule has 0 saturated carbocycles. The van der Waals surface area contributed by atoms with Crippen LogP contribution in [0.4, 0.5) is 11.4 Å². The summed E-state index contributed by atoms with van der Waals surface area (Å²) in [4.78, 5) is 68.9. The van der Waals surface area contributed by atoms with Crippen molar-refractivity contribution in [3.8, 4) is 11.5 Å². The van der Waals surface area contributed by atoms with Gasteiger partial charge in [0.15, 0.2) is 18.3 Å². The van der Waals surface area contributed by atoms with Gasteiger partial charge in [0.05, 0.1) is 30.9 Å². The molecule has 1 heterocycles. The monoisotopic (exact) mass is 852 g/mol. The fourth-order valence-electron chi connectivity index (χ4n) is 6.86. The minimum Gasteiger partial charge on any atom is -0.497 e. The van der Waals surface area contributed by atoms with Crippen LogP contribution in [0, 0.1) is 5.92 Å². The predicted octanol–water partition coefficient (Wildman–Crippen LogP) is 7.34. The Hall–Kier alpha value is -6.68. The van der Waals surface area contributed by atoms with Crippen molar-refractivity contribution in [2.24, 2.45) is 16.1 Å². The maximum Gasteiger partial charge on any atom is 0.303 e. The number of hydrogen-bond donors (Lipinski definition) is 1. The van der Waals surface area contributed by atoms with E-state index in [1.54, 1.807) is 78.9 Å². The van der Waals surface area contributed by atoms with Gasteiger partial charge >= 0.3 is 23.9 Å². The molecule has 5 rings (SSSR count). The number of carbonyl (C=O) groups excluding carboxylic acids is 5. The molecule has 61 heavy (non-hydrogen) atoms. The highest BCUT2D eigenvalue weighted by Gasteiger charge is 2.63. The van der Waals surface area contributed by atoms with E-state index in [9.17, 15) is 19.2 Å². The van der Waals surface area contributed by atoms with Gasteiger partial charge in [-0.3, -0.25) is 24.0 Å². The maximum absolute atomic E-state index is 15.6. The SMILES string of the molecule is COc1ccc(N=NC2=C(N(C)Cc3ccccc3)S[C@@](C(=O)Nc3ccc(OC)cc3)(c3ccccc3)[C@H]2[C@@H](OC(C)=O)[C@H](OC(C)=O)[C@@H](COC(C)=O)OC(C)=O)cc1. The van der Waals surface area contributed by atoms with Gasteiger partial charge in [-0.05, 0) is 59.7 Å². The van der Waals surface area contributed by atoms with E-state index in [1.165, 1.54) is 14.2 Å². The molecule has 15 nitrogen and oxygen atoms in total. The highest BCUT2D eigenvalue weighted by Crippen LogP contribution is 2.60. The molecule has 4 aromatic carbocycles. The molecule has 5 atom stereocenters. The molecule has 0 aromatic heterocycles. The Bertz CT molecular complexity index is 2220. The Balaban J connectivity index is 1.87. The first-order valence-corrected chi connectivity index (χ1v) is 20.0. The molecule has 0 aliphatic carbocycles. The summed E-state index contributed by atoms with van der Waals surface area (Å²) in [6.45, 7) is 4.28. The number of azo groups is 1. The smallest absolute Gasteiger partial charge is 0.303 e. The van der Waals surface area contributed by atoms with Crippen molar-refractivity contribution in [3.63, 3.8) is 0 Å². The first-order valence-electron chi connectivity index (χ1n) is 19.2. The van der Waals surface area contributed by atoms with E-state index < -0.39 is 65.4 Å². The summed E-state index contributed by atoms with van der Waals surface area (Å²) in [5.74, 6) is -4.06. The number of thioether (sulfide) groups is 1.